The number of Topliss-reactive ketones (excluding diaryl/α,β-unsaturated/α-hetero) is 1. The first-order chi connectivity index (χ1) is 16.0. The molecule has 0 heterocycles. The minimum absolute atomic E-state index is 0.0939. The van der Waals surface area contributed by atoms with Crippen molar-refractivity contribution in [1.29, 1.82) is 0 Å². The number of carbonyl (C=O) groups excluding carboxylic acids is 4. The van der Waals surface area contributed by atoms with Crippen LogP contribution in [0.5, 0.6) is 0 Å². The largest absolute Gasteiger partial charge is 0.379 e. The molecule has 0 rings (SSSR count). The molecular weight excluding hydrogens is 436 g/mol. The number of rotatable bonds is 23. The number of primary amides is 1. The smallest absolute Gasteiger partial charge is 0.312 e. The fourth-order valence-corrected chi connectivity index (χ4v) is 2.31. The lowest BCUT2D eigenvalue weighted by atomic mass is 10.2. The number of nitrogens with two attached hydrogens (primary N) is 1. The maximum Gasteiger partial charge on any atom is 0.312 e. The van der Waals surface area contributed by atoms with E-state index in [0.29, 0.717) is 85.0 Å². The Hall–Kier alpha value is -2.28. The van der Waals surface area contributed by atoms with Gasteiger partial charge in [0.05, 0.1) is 59.4 Å². The summed E-state index contributed by atoms with van der Waals surface area (Å²) in [5, 5.41) is 7.66. The standard InChI is InChI=1S/C21H40N4O8/c1-2-18(26)5-9-30-11-13-32-15-16-33-14-12-31-10-6-19(27)25-17-20(28)23-7-3-4-8-24-21(22)29/h2-17H2,1H3,(H,23,28)(H,25,27)(H3,22,24,29). The molecular formula is C21H40N4O8. The lowest BCUT2D eigenvalue weighted by Gasteiger charge is -2.08. The van der Waals surface area contributed by atoms with Crippen LogP contribution in [0, 0.1) is 0 Å². The van der Waals surface area contributed by atoms with Crippen LogP contribution >= 0.6 is 0 Å². The molecule has 0 unspecified atom stereocenters. The maximum atomic E-state index is 11.7. The summed E-state index contributed by atoms with van der Waals surface area (Å²) in [4.78, 5) is 44.9. The molecule has 0 bridgehead atoms. The van der Waals surface area contributed by atoms with Gasteiger partial charge in [0.2, 0.25) is 11.8 Å². The van der Waals surface area contributed by atoms with E-state index in [4.69, 9.17) is 24.7 Å². The van der Waals surface area contributed by atoms with Gasteiger partial charge in [-0.15, -0.1) is 0 Å². The number of amides is 4. The van der Waals surface area contributed by atoms with Gasteiger partial charge in [-0.1, -0.05) is 6.92 Å². The summed E-state index contributed by atoms with van der Waals surface area (Å²) in [6.45, 7) is 5.80. The van der Waals surface area contributed by atoms with Gasteiger partial charge in [0.25, 0.3) is 0 Å². The zero-order valence-electron chi connectivity index (χ0n) is 19.7. The molecule has 0 aromatic heterocycles. The molecule has 0 fully saturated rings. The summed E-state index contributed by atoms with van der Waals surface area (Å²) in [6, 6.07) is -0.570. The molecule has 12 heteroatoms. The van der Waals surface area contributed by atoms with Gasteiger partial charge in [-0.2, -0.15) is 0 Å². The minimum Gasteiger partial charge on any atom is -0.379 e. The monoisotopic (exact) mass is 476 g/mol. The molecule has 0 aliphatic heterocycles. The van der Waals surface area contributed by atoms with Gasteiger partial charge in [0.1, 0.15) is 5.78 Å². The van der Waals surface area contributed by atoms with Crippen molar-refractivity contribution in [2.75, 3.05) is 72.5 Å². The van der Waals surface area contributed by atoms with Crippen molar-refractivity contribution in [3.05, 3.63) is 0 Å². The van der Waals surface area contributed by atoms with Gasteiger partial charge >= 0.3 is 6.03 Å². The summed E-state index contributed by atoms with van der Waals surface area (Å²) in [6.07, 6.45) is 2.52. The van der Waals surface area contributed by atoms with Crippen molar-refractivity contribution in [2.45, 2.75) is 39.0 Å². The van der Waals surface area contributed by atoms with Crippen LogP contribution in [0.4, 0.5) is 4.79 Å². The first-order valence-electron chi connectivity index (χ1n) is 11.3. The van der Waals surface area contributed by atoms with Crippen molar-refractivity contribution in [3.63, 3.8) is 0 Å². The highest BCUT2D eigenvalue weighted by Gasteiger charge is 2.05. The fourth-order valence-electron chi connectivity index (χ4n) is 2.31. The number of nitrogens with one attached hydrogen (secondary N) is 3. The highest BCUT2D eigenvalue weighted by molar-refractivity contribution is 5.84. The first kappa shape index (κ1) is 30.7. The summed E-state index contributed by atoms with van der Waals surface area (Å²) in [5.41, 5.74) is 4.94. The van der Waals surface area contributed by atoms with E-state index >= 15 is 0 Å². The molecule has 0 atom stereocenters. The molecule has 5 N–H and O–H groups in total. The minimum atomic E-state index is -0.570. The maximum absolute atomic E-state index is 11.7. The van der Waals surface area contributed by atoms with E-state index in [0.717, 1.165) is 0 Å². The summed E-state index contributed by atoms with van der Waals surface area (Å²) in [7, 11) is 0. The average Bonchev–Trinajstić information content (AvgIpc) is 2.79. The van der Waals surface area contributed by atoms with E-state index in [-0.39, 0.29) is 37.2 Å². The van der Waals surface area contributed by atoms with Gasteiger partial charge in [-0.25, -0.2) is 4.79 Å². The van der Waals surface area contributed by atoms with Crippen molar-refractivity contribution in [3.8, 4) is 0 Å². The highest BCUT2D eigenvalue weighted by Crippen LogP contribution is 1.90. The molecule has 0 aliphatic carbocycles. The third-order valence-corrected chi connectivity index (χ3v) is 4.18. The van der Waals surface area contributed by atoms with E-state index < -0.39 is 6.03 Å². The van der Waals surface area contributed by atoms with Crippen LogP contribution in [0.2, 0.25) is 0 Å². The summed E-state index contributed by atoms with van der Waals surface area (Å²) < 4.78 is 21.3. The third kappa shape index (κ3) is 24.2. The number of hydrogen-bond donors (Lipinski definition) is 4. The average molecular weight is 477 g/mol. The molecule has 0 saturated carbocycles. The zero-order chi connectivity index (χ0) is 24.6. The SMILES string of the molecule is CCC(=O)CCOCCOCCOCCOCCC(=O)NCC(=O)NCCCCNC(N)=O. The predicted octanol–water partition coefficient (Wildman–Crippen LogP) is -0.507. The van der Waals surface area contributed by atoms with Gasteiger partial charge < -0.3 is 40.6 Å². The lowest BCUT2D eigenvalue weighted by molar-refractivity contribution is -0.126. The number of unbranched alkanes of at least 4 members (excludes halogenated alkanes) is 1. The van der Waals surface area contributed by atoms with Gasteiger partial charge in [-0.05, 0) is 12.8 Å². The normalized spacial score (nSPS) is 10.6. The predicted molar refractivity (Wildman–Crippen MR) is 121 cm³/mol. The van der Waals surface area contributed by atoms with E-state index in [2.05, 4.69) is 16.0 Å². The molecule has 0 radical (unpaired) electrons. The second kappa shape index (κ2) is 22.9. The molecule has 0 saturated heterocycles. The Kier molecular flexibility index (Phi) is 21.3. The van der Waals surface area contributed by atoms with Crippen LogP contribution in [-0.4, -0.2) is 96.1 Å². The quantitative estimate of drug-likeness (QED) is 0.143. The number of ether oxygens (including phenoxy) is 4. The third-order valence-electron chi connectivity index (χ3n) is 4.18. The van der Waals surface area contributed by atoms with Crippen LogP contribution in [0.1, 0.15) is 39.0 Å². The Morgan fingerprint density at radius 3 is 1.64 bits per heavy atom. The van der Waals surface area contributed by atoms with Crippen molar-refractivity contribution in [1.82, 2.24) is 16.0 Å². The van der Waals surface area contributed by atoms with Crippen molar-refractivity contribution in [2.24, 2.45) is 5.73 Å². The van der Waals surface area contributed by atoms with Crippen molar-refractivity contribution < 1.29 is 38.1 Å². The molecule has 4 amide bonds. The van der Waals surface area contributed by atoms with Gasteiger partial charge in [0, 0.05) is 32.4 Å². The molecule has 0 aromatic rings. The van der Waals surface area contributed by atoms with Crippen LogP contribution < -0.4 is 21.7 Å². The Labute approximate surface area is 195 Å². The van der Waals surface area contributed by atoms with E-state index in [1.54, 1.807) is 0 Å². The number of urea groups is 1. The molecule has 0 aromatic carbocycles. The molecule has 12 nitrogen and oxygen atoms in total. The molecule has 192 valence electrons. The molecule has 0 aliphatic rings. The van der Waals surface area contributed by atoms with Crippen LogP contribution in [-0.2, 0) is 33.3 Å². The van der Waals surface area contributed by atoms with Crippen LogP contribution in [0.25, 0.3) is 0 Å². The van der Waals surface area contributed by atoms with E-state index in [1.165, 1.54) is 0 Å². The summed E-state index contributed by atoms with van der Waals surface area (Å²) in [5.74, 6) is -0.358. The second-order valence-corrected chi connectivity index (χ2v) is 6.97. The Bertz CT molecular complexity index is 548. The van der Waals surface area contributed by atoms with Crippen LogP contribution in [0.3, 0.4) is 0 Å². The van der Waals surface area contributed by atoms with Gasteiger partial charge in [0.15, 0.2) is 0 Å². The highest BCUT2D eigenvalue weighted by atomic mass is 16.6. The topological polar surface area (TPSA) is 167 Å². The first-order valence-corrected chi connectivity index (χ1v) is 11.3. The number of carbonyl (C=O) groups is 4. The van der Waals surface area contributed by atoms with E-state index in [9.17, 15) is 19.2 Å². The van der Waals surface area contributed by atoms with E-state index in [1.807, 2.05) is 6.92 Å². The Morgan fingerprint density at radius 2 is 1.12 bits per heavy atom. The van der Waals surface area contributed by atoms with Crippen molar-refractivity contribution >= 4 is 23.6 Å². The Morgan fingerprint density at radius 1 is 0.636 bits per heavy atom. The zero-order valence-corrected chi connectivity index (χ0v) is 19.7. The second-order valence-electron chi connectivity index (χ2n) is 6.97. The lowest BCUT2D eigenvalue weighted by Crippen LogP contribution is -2.37. The van der Waals surface area contributed by atoms with Crippen LogP contribution in [0.15, 0.2) is 0 Å². The number of hydrogen-bond acceptors (Lipinski definition) is 8. The summed E-state index contributed by atoms with van der Waals surface area (Å²) >= 11 is 0. The van der Waals surface area contributed by atoms with Gasteiger partial charge in [-0.3, -0.25) is 14.4 Å². The molecule has 0 spiro atoms. The Balaban J connectivity index is 3.32. The number of ketones is 1. The fraction of sp³-hybridized carbons (Fsp3) is 0.810. The molecule has 33 heavy (non-hydrogen) atoms.